The van der Waals surface area contributed by atoms with E-state index in [2.05, 4.69) is 50.4 Å². The van der Waals surface area contributed by atoms with Crippen LogP contribution in [0.1, 0.15) is 44.6 Å². The summed E-state index contributed by atoms with van der Waals surface area (Å²) in [4.78, 5) is 0. The molecule has 2 rings (SSSR count). The molecule has 0 spiro atoms. The van der Waals surface area contributed by atoms with E-state index < -0.39 is 0 Å². The van der Waals surface area contributed by atoms with Crippen molar-refractivity contribution >= 4 is 22.6 Å². The van der Waals surface area contributed by atoms with E-state index in [0.717, 1.165) is 19.4 Å². The summed E-state index contributed by atoms with van der Waals surface area (Å²) in [6.45, 7) is 1.10. The second-order valence-corrected chi connectivity index (χ2v) is 5.99. The summed E-state index contributed by atoms with van der Waals surface area (Å²) < 4.78 is 5.68. The maximum Gasteiger partial charge on any atom is 0.244 e. The van der Waals surface area contributed by atoms with Crippen molar-refractivity contribution in [2.45, 2.75) is 57.2 Å². The predicted molar refractivity (Wildman–Crippen MR) is 76.3 cm³/mol. The number of alkyl halides is 1. The van der Waals surface area contributed by atoms with Crippen LogP contribution in [0.4, 0.5) is 0 Å². The quantitative estimate of drug-likeness (QED) is 0.314. The average molecular weight is 385 g/mol. The average Bonchev–Trinajstić information content (AvgIpc) is 2.79. The van der Waals surface area contributed by atoms with Crippen LogP contribution in [0.25, 0.3) is 0 Å². The summed E-state index contributed by atoms with van der Waals surface area (Å²) >= 11 is 2.43. The second kappa shape index (κ2) is 8.38. The van der Waals surface area contributed by atoms with Crippen LogP contribution in [-0.4, -0.2) is 20.2 Å². The van der Waals surface area contributed by atoms with Crippen molar-refractivity contribution in [2.75, 3.05) is 4.43 Å². The molecule has 2 unspecified atom stereocenters. The third-order valence-corrected chi connectivity index (χ3v) is 4.35. The van der Waals surface area contributed by atoms with Crippen LogP contribution >= 0.6 is 22.6 Å². The smallest absolute Gasteiger partial charge is 0.244 e. The van der Waals surface area contributed by atoms with E-state index in [9.17, 15) is 5.11 Å². The minimum absolute atomic E-state index is 0. The number of aliphatic hydroxyl groups is 1. The zero-order chi connectivity index (χ0) is 12.1. The lowest BCUT2D eigenvalue weighted by molar-refractivity contribution is -0.697. The largest absolute Gasteiger partial charge is 1.00 e. The zero-order valence-electron chi connectivity index (χ0n) is 10.6. The molecule has 0 bridgehead atoms. The van der Waals surface area contributed by atoms with Gasteiger partial charge in [0.25, 0.3) is 0 Å². The molecule has 1 aromatic rings. The molecule has 1 fully saturated rings. The zero-order valence-corrected chi connectivity index (χ0v) is 13.6. The van der Waals surface area contributed by atoms with Gasteiger partial charge in [0.1, 0.15) is 18.4 Å². The highest BCUT2D eigenvalue weighted by Gasteiger charge is 2.28. The van der Waals surface area contributed by atoms with Gasteiger partial charge in [-0.1, -0.05) is 29.0 Å². The maximum absolute atomic E-state index is 10.0. The normalized spacial score (nSPS) is 23.7. The van der Waals surface area contributed by atoms with E-state index in [0.29, 0.717) is 6.04 Å². The fourth-order valence-electron chi connectivity index (χ4n) is 2.57. The Morgan fingerprint density at radius 2 is 2.06 bits per heavy atom. The van der Waals surface area contributed by atoms with Crippen LogP contribution in [0.2, 0.25) is 0 Å². The Kier molecular flexibility index (Phi) is 7.56. The summed E-state index contributed by atoms with van der Waals surface area (Å²) in [5.41, 5.74) is 0. The molecule has 0 saturated heterocycles. The van der Waals surface area contributed by atoms with Gasteiger partial charge < -0.3 is 17.5 Å². The maximum atomic E-state index is 10.0. The minimum atomic E-state index is -0.154. The van der Waals surface area contributed by atoms with Gasteiger partial charge in [-0.25, -0.2) is 9.13 Å². The molecule has 1 aliphatic carbocycles. The minimum Gasteiger partial charge on any atom is -1.00 e. The van der Waals surface area contributed by atoms with Crippen LogP contribution in [-0.2, 0) is 6.54 Å². The SMILES string of the molecule is OC1CCCCC1n1cc[n+](CCCCI)c1.[Cl-]. The second-order valence-electron chi connectivity index (χ2n) is 4.91. The Morgan fingerprint density at radius 1 is 1.28 bits per heavy atom. The van der Waals surface area contributed by atoms with Gasteiger partial charge in [-0.2, -0.15) is 0 Å². The number of nitrogens with zero attached hydrogens (tertiary/aromatic N) is 2. The van der Waals surface area contributed by atoms with E-state index in [-0.39, 0.29) is 18.5 Å². The molecule has 104 valence electrons. The van der Waals surface area contributed by atoms with Crippen molar-refractivity contribution in [3.05, 3.63) is 18.7 Å². The molecule has 2 atom stereocenters. The third kappa shape index (κ3) is 4.38. The van der Waals surface area contributed by atoms with Gasteiger partial charge in [-0.05, 0) is 36.5 Å². The molecule has 1 heterocycles. The van der Waals surface area contributed by atoms with Gasteiger partial charge in [-0.3, -0.25) is 0 Å². The molecule has 1 N–H and O–H groups in total. The van der Waals surface area contributed by atoms with Crippen LogP contribution in [0.3, 0.4) is 0 Å². The lowest BCUT2D eigenvalue weighted by Gasteiger charge is -2.24. The number of imidazole rings is 1. The van der Waals surface area contributed by atoms with Crippen LogP contribution < -0.4 is 17.0 Å². The highest BCUT2D eigenvalue weighted by atomic mass is 127. The van der Waals surface area contributed by atoms with Crippen molar-refractivity contribution in [1.29, 1.82) is 0 Å². The van der Waals surface area contributed by atoms with E-state index in [1.807, 2.05) is 0 Å². The highest BCUT2D eigenvalue weighted by Crippen LogP contribution is 2.27. The summed E-state index contributed by atoms with van der Waals surface area (Å²) in [6, 6.07) is 0.301. The van der Waals surface area contributed by atoms with Crippen molar-refractivity contribution in [2.24, 2.45) is 0 Å². The van der Waals surface area contributed by atoms with Crippen molar-refractivity contribution in [3.8, 4) is 0 Å². The number of unbranched alkanes of at least 4 members (excludes halogenated alkanes) is 1. The third-order valence-electron chi connectivity index (χ3n) is 3.59. The Bertz CT molecular complexity index is 345. The first-order chi connectivity index (χ1) is 8.31. The van der Waals surface area contributed by atoms with E-state index in [4.69, 9.17) is 0 Å². The number of halogens is 2. The Hall–Kier alpha value is 0.190. The Morgan fingerprint density at radius 3 is 2.78 bits per heavy atom. The fourth-order valence-corrected chi connectivity index (χ4v) is 3.11. The van der Waals surface area contributed by atoms with Gasteiger partial charge in [0.05, 0.1) is 12.6 Å². The molecule has 0 aromatic carbocycles. The Balaban J connectivity index is 0.00000162. The lowest BCUT2D eigenvalue weighted by Crippen LogP contribution is -3.00. The highest BCUT2D eigenvalue weighted by molar-refractivity contribution is 14.1. The monoisotopic (exact) mass is 384 g/mol. The number of rotatable bonds is 5. The molecule has 0 amide bonds. The summed E-state index contributed by atoms with van der Waals surface area (Å²) in [7, 11) is 0. The van der Waals surface area contributed by atoms with E-state index >= 15 is 0 Å². The first-order valence-corrected chi connectivity index (χ1v) is 8.14. The molecular weight excluding hydrogens is 363 g/mol. The van der Waals surface area contributed by atoms with Crippen molar-refractivity contribution < 1.29 is 22.1 Å². The molecule has 1 aliphatic rings. The molecule has 18 heavy (non-hydrogen) atoms. The van der Waals surface area contributed by atoms with Gasteiger partial charge in [0.2, 0.25) is 6.33 Å². The summed E-state index contributed by atoms with van der Waals surface area (Å²) in [6.07, 6.45) is 13.3. The molecular formula is C13H22ClIN2O. The predicted octanol–water partition coefficient (Wildman–Crippen LogP) is -0.529. The molecule has 0 radical (unpaired) electrons. The summed E-state index contributed by atoms with van der Waals surface area (Å²) in [5.74, 6) is 0. The molecule has 3 nitrogen and oxygen atoms in total. The van der Waals surface area contributed by atoms with E-state index in [1.54, 1.807) is 0 Å². The summed E-state index contributed by atoms with van der Waals surface area (Å²) in [5, 5.41) is 10.0. The van der Waals surface area contributed by atoms with Gasteiger partial charge in [0, 0.05) is 0 Å². The van der Waals surface area contributed by atoms with Gasteiger partial charge in [0.15, 0.2) is 0 Å². The van der Waals surface area contributed by atoms with Gasteiger partial charge in [-0.15, -0.1) is 0 Å². The molecule has 1 saturated carbocycles. The number of aryl methyl sites for hydroxylation is 1. The van der Waals surface area contributed by atoms with Crippen LogP contribution in [0, 0.1) is 0 Å². The van der Waals surface area contributed by atoms with Crippen LogP contribution in [0.5, 0.6) is 0 Å². The molecule has 1 aromatic heterocycles. The Labute approximate surface area is 129 Å². The lowest BCUT2D eigenvalue weighted by atomic mass is 9.92. The van der Waals surface area contributed by atoms with E-state index in [1.165, 1.54) is 30.1 Å². The number of hydrogen-bond donors (Lipinski definition) is 1. The van der Waals surface area contributed by atoms with Crippen LogP contribution in [0.15, 0.2) is 18.7 Å². The number of aliphatic hydroxyl groups excluding tert-OH is 1. The van der Waals surface area contributed by atoms with Gasteiger partial charge >= 0.3 is 0 Å². The fraction of sp³-hybridized carbons (Fsp3) is 0.769. The first kappa shape index (κ1) is 16.2. The topological polar surface area (TPSA) is 29.0 Å². The van der Waals surface area contributed by atoms with Crippen molar-refractivity contribution in [3.63, 3.8) is 0 Å². The number of hydrogen-bond acceptors (Lipinski definition) is 1. The van der Waals surface area contributed by atoms with Crippen molar-refractivity contribution in [1.82, 2.24) is 4.57 Å². The first-order valence-electron chi connectivity index (χ1n) is 6.62. The number of aromatic nitrogens is 2. The standard InChI is InChI=1S/C13H22IN2O.ClH/c14-7-3-4-8-15-9-10-16(11-15)12-5-1-2-6-13(12)17;/h9-13,17H,1-8H2;1H/q+1;/p-1. The molecule has 5 heteroatoms. The molecule has 0 aliphatic heterocycles.